The number of furan rings is 1. The van der Waals surface area contributed by atoms with Crippen LogP contribution in [0.25, 0.3) is 11.0 Å². The molecular weight excluding hydrogens is 300 g/mol. The molecule has 1 aliphatic heterocycles. The number of benzene rings is 1. The van der Waals surface area contributed by atoms with Crippen molar-refractivity contribution in [2.24, 2.45) is 0 Å². The van der Waals surface area contributed by atoms with E-state index in [1.807, 2.05) is 25.1 Å². The first-order valence-electron chi connectivity index (χ1n) is 8.76. The summed E-state index contributed by atoms with van der Waals surface area (Å²) in [6.45, 7) is 7.10. The van der Waals surface area contributed by atoms with Crippen LogP contribution >= 0.6 is 0 Å². The Morgan fingerprint density at radius 2 is 1.92 bits per heavy atom. The minimum absolute atomic E-state index is 0.654. The Morgan fingerprint density at radius 3 is 2.71 bits per heavy atom. The zero-order chi connectivity index (χ0) is 16.4. The van der Waals surface area contributed by atoms with Crippen LogP contribution in [0.1, 0.15) is 24.4 Å². The molecular formula is C19H24N4O. The van der Waals surface area contributed by atoms with Crippen molar-refractivity contribution in [2.75, 3.05) is 25.0 Å². The average Bonchev–Trinajstić information content (AvgIpc) is 3.31. The van der Waals surface area contributed by atoms with Crippen LogP contribution in [0, 0.1) is 6.92 Å². The van der Waals surface area contributed by atoms with Gasteiger partial charge in [0.15, 0.2) is 0 Å². The Kier molecular flexibility index (Phi) is 4.26. The maximum Gasteiger partial charge on any atom is 0.204 e. The molecule has 1 fully saturated rings. The van der Waals surface area contributed by atoms with Crippen molar-refractivity contribution in [3.8, 4) is 0 Å². The summed E-state index contributed by atoms with van der Waals surface area (Å²) in [5.41, 5.74) is 2.23. The molecule has 3 aromatic rings. The van der Waals surface area contributed by atoms with E-state index in [9.17, 15) is 0 Å². The van der Waals surface area contributed by atoms with E-state index in [1.165, 1.54) is 31.4 Å². The van der Waals surface area contributed by atoms with Gasteiger partial charge >= 0.3 is 0 Å². The first kappa shape index (κ1) is 15.3. The number of aromatic nitrogens is 2. The smallest absolute Gasteiger partial charge is 0.204 e. The number of nitrogens with one attached hydrogen (secondary N) is 1. The second-order valence-corrected chi connectivity index (χ2v) is 6.49. The van der Waals surface area contributed by atoms with E-state index in [0.29, 0.717) is 6.54 Å². The molecule has 126 valence electrons. The molecule has 3 heterocycles. The molecule has 5 nitrogen and oxygen atoms in total. The van der Waals surface area contributed by atoms with E-state index in [0.717, 1.165) is 36.1 Å². The van der Waals surface area contributed by atoms with Crippen LogP contribution in [-0.2, 0) is 13.1 Å². The molecule has 0 aliphatic carbocycles. The molecule has 1 N–H and O–H groups in total. The van der Waals surface area contributed by atoms with Gasteiger partial charge in [-0.2, -0.15) is 0 Å². The van der Waals surface area contributed by atoms with E-state index in [-0.39, 0.29) is 0 Å². The van der Waals surface area contributed by atoms with Crippen molar-refractivity contribution in [3.05, 3.63) is 47.9 Å². The quantitative estimate of drug-likeness (QED) is 0.752. The highest BCUT2D eigenvalue weighted by Gasteiger charge is 2.14. The Hall–Kier alpha value is -2.27. The summed E-state index contributed by atoms with van der Waals surface area (Å²) in [5.74, 6) is 2.80. The summed E-state index contributed by atoms with van der Waals surface area (Å²) >= 11 is 0. The van der Waals surface area contributed by atoms with Crippen molar-refractivity contribution in [1.82, 2.24) is 14.5 Å². The highest BCUT2D eigenvalue weighted by atomic mass is 16.3. The molecule has 0 spiro atoms. The number of imidazole rings is 1. The van der Waals surface area contributed by atoms with Crippen molar-refractivity contribution in [3.63, 3.8) is 0 Å². The number of nitrogens with zero attached hydrogens (tertiary/aromatic N) is 3. The number of aryl methyl sites for hydroxylation is 1. The lowest BCUT2D eigenvalue weighted by Gasteiger charge is -2.16. The van der Waals surface area contributed by atoms with Gasteiger partial charge in [-0.3, -0.25) is 0 Å². The second-order valence-electron chi connectivity index (χ2n) is 6.49. The fraction of sp³-hybridized carbons (Fsp3) is 0.421. The van der Waals surface area contributed by atoms with E-state index in [1.54, 1.807) is 0 Å². The van der Waals surface area contributed by atoms with Gasteiger partial charge in [0.05, 0.1) is 17.6 Å². The highest BCUT2D eigenvalue weighted by Crippen LogP contribution is 2.21. The largest absolute Gasteiger partial charge is 0.465 e. The van der Waals surface area contributed by atoms with Crippen molar-refractivity contribution >= 4 is 17.0 Å². The second kappa shape index (κ2) is 6.69. The monoisotopic (exact) mass is 324 g/mol. The van der Waals surface area contributed by atoms with Gasteiger partial charge in [-0.15, -0.1) is 0 Å². The Labute approximate surface area is 142 Å². The SMILES string of the molecule is Cc1ccc(CNc2nc3ccccc3n2CCN2CCCC2)o1. The van der Waals surface area contributed by atoms with Gasteiger partial charge in [0.2, 0.25) is 5.95 Å². The summed E-state index contributed by atoms with van der Waals surface area (Å²) in [4.78, 5) is 7.31. The van der Waals surface area contributed by atoms with Crippen molar-refractivity contribution < 1.29 is 4.42 Å². The summed E-state index contributed by atoms with van der Waals surface area (Å²) in [6, 6.07) is 12.3. The third kappa shape index (κ3) is 3.17. The number of rotatable bonds is 6. The highest BCUT2D eigenvalue weighted by molar-refractivity contribution is 5.78. The van der Waals surface area contributed by atoms with Gasteiger partial charge in [-0.25, -0.2) is 4.98 Å². The maximum absolute atomic E-state index is 5.65. The van der Waals surface area contributed by atoms with Gasteiger partial charge in [-0.1, -0.05) is 12.1 Å². The van der Waals surface area contributed by atoms with Crippen LogP contribution < -0.4 is 5.32 Å². The van der Waals surface area contributed by atoms with Crippen LogP contribution in [0.2, 0.25) is 0 Å². The van der Waals surface area contributed by atoms with E-state index in [2.05, 4.69) is 33.0 Å². The summed E-state index contributed by atoms with van der Waals surface area (Å²) in [5, 5.41) is 3.45. The number of likely N-dealkylation sites (tertiary alicyclic amines) is 1. The number of anilines is 1. The minimum atomic E-state index is 0.654. The predicted molar refractivity (Wildman–Crippen MR) is 96.2 cm³/mol. The first-order chi connectivity index (χ1) is 11.8. The lowest BCUT2D eigenvalue weighted by atomic mass is 10.3. The molecule has 4 rings (SSSR count). The number of para-hydroxylation sites is 2. The standard InChI is InChI=1S/C19H24N4O/c1-15-8-9-16(24-15)14-20-19-21-17-6-2-3-7-18(17)23(19)13-12-22-10-4-5-11-22/h2-3,6-9H,4-5,10-14H2,1H3,(H,20,21). The van der Waals surface area contributed by atoms with Crippen LogP contribution in [0.15, 0.2) is 40.8 Å². The Bertz CT molecular complexity index is 814. The minimum Gasteiger partial charge on any atom is -0.465 e. The number of fused-ring (bicyclic) bond motifs is 1. The molecule has 0 unspecified atom stereocenters. The fourth-order valence-corrected chi connectivity index (χ4v) is 3.43. The first-order valence-corrected chi connectivity index (χ1v) is 8.76. The molecule has 2 aromatic heterocycles. The fourth-order valence-electron chi connectivity index (χ4n) is 3.43. The van der Waals surface area contributed by atoms with Gasteiger partial charge in [0.1, 0.15) is 11.5 Å². The van der Waals surface area contributed by atoms with Gasteiger partial charge in [0.25, 0.3) is 0 Å². The number of hydrogen-bond acceptors (Lipinski definition) is 4. The van der Waals surface area contributed by atoms with Gasteiger partial charge in [0, 0.05) is 13.1 Å². The normalized spacial score (nSPS) is 15.4. The molecule has 0 atom stereocenters. The topological polar surface area (TPSA) is 46.2 Å². The van der Waals surface area contributed by atoms with Gasteiger partial charge < -0.3 is 19.2 Å². The zero-order valence-corrected chi connectivity index (χ0v) is 14.2. The van der Waals surface area contributed by atoms with E-state index < -0.39 is 0 Å². The number of hydrogen-bond donors (Lipinski definition) is 1. The maximum atomic E-state index is 5.65. The molecule has 0 radical (unpaired) electrons. The van der Waals surface area contributed by atoms with Crippen LogP contribution in [0.5, 0.6) is 0 Å². The summed E-state index contributed by atoms with van der Waals surface area (Å²) < 4.78 is 7.95. The lowest BCUT2D eigenvalue weighted by molar-refractivity contribution is 0.325. The third-order valence-electron chi connectivity index (χ3n) is 4.71. The third-order valence-corrected chi connectivity index (χ3v) is 4.71. The molecule has 24 heavy (non-hydrogen) atoms. The zero-order valence-electron chi connectivity index (χ0n) is 14.2. The molecule has 1 aliphatic rings. The molecule has 5 heteroatoms. The Balaban J connectivity index is 1.54. The van der Waals surface area contributed by atoms with E-state index in [4.69, 9.17) is 9.40 Å². The molecule has 1 saturated heterocycles. The molecule has 0 amide bonds. The summed E-state index contributed by atoms with van der Waals surface area (Å²) in [7, 11) is 0. The Morgan fingerprint density at radius 1 is 1.08 bits per heavy atom. The van der Waals surface area contributed by atoms with Crippen LogP contribution in [-0.4, -0.2) is 34.1 Å². The van der Waals surface area contributed by atoms with Crippen molar-refractivity contribution in [2.45, 2.75) is 32.9 Å². The van der Waals surface area contributed by atoms with E-state index >= 15 is 0 Å². The van der Waals surface area contributed by atoms with Crippen LogP contribution in [0.4, 0.5) is 5.95 Å². The lowest BCUT2D eigenvalue weighted by Crippen LogP contribution is -2.24. The van der Waals surface area contributed by atoms with Crippen molar-refractivity contribution in [1.29, 1.82) is 0 Å². The predicted octanol–water partition coefficient (Wildman–Crippen LogP) is 3.65. The molecule has 0 bridgehead atoms. The average molecular weight is 324 g/mol. The molecule has 1 aromatic carbocycles. The molecule has 0 saturated carbocycles. The summed E-state index contributed by atoms with van der Waals surface area (Å²) in [6.07, 6.45) is 2.65. The van der Waals surface area contributed by atoms with Crippen LogP contribution in [0.3, 0.4) is 0 Å². The van der Waals surface area contributed by atoms with Gasteiger partial charge in [-0.05, 0) is 57.1 Å².